The quantitative estimate of drug-likeness (QED) is 0.627. The summed E-state index contributed by atoms with van der Waals surface area (Å²) < 4.78 is 30.7. The van der Waals surface area contributed by atoms with Crippen LogP contribution in [-0.2, 0) is 14.2 Å². The molecule has 1 unspecified atom stereocenters. The van der Waals surface area contributed by atoms with Gasteiger partial charge in [-0.05, 0) is 60.3 Å². The van der Waals surface area contributed by atoms with E-state index in [2.05, 4.69) is 46.4 Å². The minimum atomic E-state index is -1.17. The predicted molar refractivity (Wildman–Crippen MR) is 93.9 cm³/mol. The fraction of sp³-hybridized carbons (Fsp3) is 1.00. The van der Waals surface area contributed by atoms with Gasteiger partial charge in [-0.25, -0.2) is 4.39 Å². The van der Waals surface area contributed by atoms with Gasteiger partial charge in [0.05, 0.1) is 31.0 Å². The Morgan fingerprint density at radius 1 is 1.00 bits per heavy atom. The lowest BCUT2D eigenvalue weighted by molar-refractivity contribution is -0.159. The van der Waals surface area contributed by atoms with Crippen LogP contribution in [0.4, 0.5) is 4.39 Å². The molecule has 1 aliphatic carbocycles. The average molecular weight is 345 g/mol. The third kappa shape index (κ3) is 6.58. The summed E-state index contributed by atoms with van der Waals surface area (Å²) in [6.07, 6.45) is 1.74. The van der Waals surface area contributed by atoms with Crippen molar-refractivity contribution in [3.8, 4) is 0 Å². The first-order valence-corrected chi connectivity index (χ1v) is 9.33. The number of nitrogens with zero attached hydrogens (tertiary/aromatic N) is 1. The molecule has 24 heavy (non-hydrogen) atoms. The number of ether oxygens (including phenoxy) is 3. The molecule has 1 saturated heterocycles. The highest BCUT2D eigenvalue weighted by Crippen LogP contribution is 2.30. The lowest BCUT2D eigenvalue weighted by Crippen LogP contribution is -2.56. The van der Waals surface area contributed by atoms with Crippen LogP contribution in [0.3, 0.4) is 0 Å². The number of hydrogen-bond acceptors (Lipinski definition) is 4. The van der Waals surface area contributed by atoms with E-state index in [0.29, 0.717) is 31.7 Å². The van der Waals surface area contributed by atoms with Crippen molar-refractivity contribution >= 4 is 0 Å². The number of likely N-dealkylation sites (tertiary alicyclic amines) is 1. The monoisotopic (exact) mass is 345 g/mol. The van der Waals surface area contributed by atoms with Crippen LogP contribution in [0.1, 0.15) is 60.8 Å². The summed E-state index contributed by atoms with van der Waals surface area (Å²) in [5.74, 6) is 0.419. The average Bonchev–Trinajstić information content (AvgIpc) is 2.31. The zero-order valence-electron chi connectivity index (χ0n) is 16.3. The lowest BCUT2D eigenvalue weighted by Gasteiger charge is -2.48. The highest BCUT2D eigenvalue weighted by molar-refractivity contribution is 4.88. The van der Waals surface area contributed by atoms with Gasteiger partial charge in [0.1, 0.15) is 0 Å². The van der Waals surface area contributed by atoms with E-state index in [1.54, 1.807) is 0 Å². The first kappa shape index (κ1) is 20.1. The fourth-order valence-corrected chi connectivity index (χ4v) is 3.24. The zero-order valence-corrected chi connectivity index (χ0v) is 16.3. The van der Waals surface area contributed by atoms with Crippen LogP contribution in [0.15, 0.2) is 0 Å². The summed E-state index contributed by atoms with van der Waals surface area (Å²) in [6.45, 7) is 15.5. The van der Waals surface area contributed by atoms with Crippen LogP contribution in [-0.4, -0.2) is 60.9 Å². The molecule has 0 amide bonds. The highest BCUT2D eigenvalue weighted by Gasteiger charge is 2.36. The molecule has 0 bridgehead atoms. The summed E-state index contributed by atoms with van der Waals surface area (Å²) in [5.41, 5.74) is 0.0959. The predicted octanol–water partition coefficient (Wildman–Crippen LogP) is 3.78. The molecule has 1 aliphatic heterocycles. The Bertz CT molecular complexity index is 379. The summed E-state index contributed by atoms with van der Waals surface area (Å²) in [4.78, 5) is 2.38. The molecule has 0 spiro atoms. The van der Waals surface area contributed by atoms with E-state index in [1.807, 2.05) is 0 Å². The van der Waals surface area contributed by atoms with Gasteiger partial charge in [-0.15, -0.1) is 0 Å². The third-order valence-electron chi connectivity index (χ3n) is 4.73. The van der Waals surface area contributed by atoms with Gasteiger partial charge in [-0.2, -0.15) is 0 Å². The molecule has 5 heteroatoms. The van der Waals surface area contributed by atoms with Crippen LogP contribution in [0.2, 0.25) is 0 Å². The van der Waals surface area contributed by atoms with Crippen LogP contribution < -0.4 is 0 Å². The van der Waals surface area contributed by atoms with Gasteiger partial charge in [-0.3, -0.25) is 4.90 Å². The van der Waals surface area contributed by atoms with Gasteiger partial charge in [-0.1, -0.05) is 0 Å². The molecule has 1 saturated carbocycles. The number of halogens is 1. The second-order valence-electron chi connectivity index (χ2n) is 9.27. The number of hydrogen-bond donors (Lipinski definition) is 0. The van der Waals surface area contributed by atoms with Crippen LogP contribution in [0.25, 0.3) is 0 Å². The molecule has 4 nitrogen and oxygen atoms in total. The maximum atomic E-state index is 13.8. The maximum Gasteiger partial charge on any atom is 0.199 e. The van der Waals surface area contributed by atoms with E-state index in [1.165, 1.54) is 0 Å². The maximum absolute atomic E-state index is 13.8. The lowest BCUT2D eigenvalue weighted by atomic mass is 9.90. The summed E-state index contributed by atoms with van der Waals surface area (Å²) in [7, 11) is 0. The van der Waals surface area contributed by atoms with E-state index < -0.39 is 6.36 Å². The fourth-order valence-electron chi connectivity index (χ4n) is 3.24. The molecule has 0 aromatic heterocycles. The first-order valence-electron chi connectivity index (χ1n) is 9.33. The van der Waals surface area contributed by atoms with Crippen LogP contribution >= 0.6 is 0 Å². The van der Waals surface area contributed by atoms with E-state index >= 15 is 0 Å². The Kier molecular flexibility index (Phi) is 6.68. The zero-order chi connectivity index (χ0) is 18.0. The van der Waals surface area contributed by atoms with Gasteiger partial charge in [0.25, 0.3) is 0 Å². The standard InChI is InChI=1S/C19H36FNO3/c1-18(2,3)21-12-14(13-21)9-17(20)23-8-7-22-15-10-16(11-15)24-19(4,5)6/h14-17H,7-13H2,1-6H3. The molecule has 1 heterocycles. The van der Waals surface area contributed by atoms with Gasteiger partial charge in [0.2, 0.25) is 0 Å². The number of rotatable bonds is 8. The Morgan fingerprint density at radius 2 is 1.62 bits per heavy atom. The minimum Gasteiger partial charge on any atom is -0.376 e. The summed E-state index contributed by atoms with van der Waals surface area (Å²) in [6, 6.07) is 0. The van der Waals surface area contributed by atoms with Crippen molar-refractivity contribution in [2.45, 2.75) is 90.5 Å². The van der Waals surface area contributed by atoms with Crippen molar-refractivity contribution in [2.75, 3.05) is 26.3 Å². The van der Waals surface area contributed by atoms with Gasteiger partial charge < -0.3 is 14.2 Å². The molecule has 0 aromatic rings. The van der Waals surface area contributed by atoms with E-state index in [0.717, 1.165) is 25.9 Å². The molecular weight excluding hydrogens is 309 g/mol. The Labute approximate surface area is 147 Å². The Balaban J connectivity index is 1.45. The SMILES string of the molecule is CC(C)(C)OC1CC(OCCOC(F)CC2CN(C(C)(C)C)C2)C1. The molecule has 2 rings (SSSR count). The molecule has 142 valence electrons. The van der Waals surface area contributed by atoms with Crippen molar-refractivity contribution in [1.29, 1.82) is 0 Å². The van der Waals surface area contributed by atoms with Gasteiger partial charge in [0.15, 0.2) is 6.36 Å². The first-order chi connectivity index (χ1) is 11.0. The molecule has 0 N–H and O–H groups in total. The molecule has 0 aromatic carbocycles. The molecule has 1 atom stereocenters. The summed E-state index contributed by atoms with van der Waals surface area (Å²) in [5, 5.41) is 0. The van der Waals surface area contributed by atoms with Crippen LogP contribution in [0.5, 0.6) is 0 Å². The molecule has 2 aliphatic rings. The normalized spacial score (nSPS) is 27.6. The minimum absolute atomic E-state index is 0.0930. The molecular formula is C19H36FNO3. The van der Waals surface area contributed by atoms with Gasteiger partial charge >= 0.3 is 0 Å². The molecule has 2 fully saturated rings. The van der Waals surface area contributed by atoms with Crippen molar-refractivity contribution < 1.29 is 18.6 Å². The highest BCUT2D eigenvalue weighted by atomic mass is 19.1. The second-order valence-corrected chi connectivity index (χ2v) is 9.27. The summed E-state index contributed by atoms with van der Waals surface area (Å²) >= 11 is 0. The van der Waals surface area contributed by atoms with Gasteiger partial charge in [0, 0.05) is 25.0 Å². The molecule has 0 radical (unpaired) electrons. The van der Waals surface area contributed by atoms with Crippen molar-refractivity contribution in [3.63, 3.8) is 0 Å². The Hall–Kier alpha value is -0.230. The van der Waals surface area contributed by atoms with Crippen LogP contribution in [0, 0.1) is 5.92 Å². The van der Waals surface area contributed by atoms with E-state index in [4.69, 9.17) is 14.2 Å². The van der Waals surface area contributed by atoms with Crippen molar-refractivity contribution in [2.24, 2.45) is 5.92 Å². The topological polar surface area (TPSA) is 30.9 Å². The second kappa shape index (κ2) is 7.98. The van der Waals surface area contributed by atoms with Crippen molar-refractivity contribution in [3.05, 3.63) is 0 Å². The largest absolute Gasteiger partial charge is 0.376 e. The third-order valence-corrected chi connectivity index (χ3v) is 4.73. The van der Waals surface area contributed by atoms with E-state index in [9.17, 15) is 4.39 Å². The smallest absolute Gasteiger partial charge is 0.199 e. The Morgan fingerprint density at radius 3 is 2.17 bits per heavy atom. The van der Waals surface area contributed by atoms with Crippen molar-refractivity contribution in [1.82, 2.24) is 4.90 Å². The number of alkyl halides is 1. The van der Waals surface area contributed by atoms with E-state index in [-0.39, 0.29) is 17.2 Å².